The lowest BCUT2D eigenvalue weighted by molar-refractivity contribution is -0.149. The molecule has 3 atom stereocenters. The van der Waals surface area contributed by atoms with Crippen molar-refractivity contribution in [3.05, 3.63) is 0 Å². The number of amides is 2. The molecule has 2 rings (SSSR count). The maximum atomic E-state index is 13.1. The number of aliphatic hydroxyl groups excluding tert-OH is 1. The number of ether oxygens (including phenoxy) is 1. The van der Waals surface area contributed by atoms with Crippen LogP contribution in [-0.4, -0.2) is 63.4 Å². The monoisotopic (exact) mass is 384 g/mol. The molecule has 2 aliphatic rings. The molecule has 0 unspecified atom stereocenters. The number of aliphatic hydroxyl groups is 1. The average molecular weight is 384 g/mol. The second-order valence-electron chi connectivity index (χ2n) is 8.67. The predicted molar refractivity (Wildman–Crippen MR) is 98.1 cm³/mol. The van der Waals surface area contributed by atoms with Crippen molar-refractivity contribution in [3.8, 4) is 0 Å². The Hall–Kier alpha value is -1.83. The van der Waals surface area contributed by atoms with E-state index in [2.05, 4.69) is 5.32 Å². The van der Waals surface area contributed by atoms with Crippen LogP contribution in [0.5, 0.6) is 0 Å². The predicted octanol–water partition coefficient (Wildman–Crippen LogP) is 1.90. The molecule has 1 saturated carbocycles. The molecule has 1 aliphatic heterocycles. The molecular weight excluding hydrogens is 352 g/mol. The number of carboxylic acids is 1. The highest BCUT2D eigenvalue weighted by Gasteiger charge is 2.42. The number of hydrogen-bond donors (Lipinski definition) is 3. The number of nitrogens with zero attached hydrogens (tertiary/aromatic N) is 1. The number of carbonyl (C=O) groups excluding carboxylic acids is 2. The second-order valence-corrected chi connectivity index (χ2v) is 8.67. The van der Waals surface area contributed by atoms with Gasteiger partial charge in [0.15, 0.2) is 0 Å². The van der Waals surface area contributed by atoms with Crippen LogP contribution in [0, 0.1) is 5.92 Å². The minimum absolute atomic E-state index is 0.00363. The van der Waals surface area contributed by atoms with E-state index in [1.165, 1.54) is 11.3 Å². The number of carboxylic acid groups (broad SMARTS) is 1. The molecule has 1 saturated heterocycles. The second kappa shape index (κ2) is 8.91. The Balaban J connectivity index is 2.12. The number of likely N-dealkylation sites (tertiary alicyclic amines) is 1. The van der Waals surface area contributed by atoms with E-state index in [-0.39, 0.29) is 13.0 Å². The van der Waals surface area contributed by atoms with Gasteiger partial charge < -0.3 is 25.2 Å². The highest BCUT2D eigenvalue weighted by molar-refractivity contribution is 5.90. The van der Waals surface area contributed by atoms with Crippen molar-refractivity contribution in [1.82, 2.24) is 10.2 Å². The van der Waals surface area contributed by atoms with Crippen molar-refractivity contribution in [2.45, 2.75) is 89.5 Å². The zero-order valence-corrected chi connectivity index (χ0v) is 16.4. The van der Waals surface area contributed by atoms with Crippen LogP contribution in [0.2, 0.25) is 0 Å². The maximum Gasteiger partial charge on any atom is 0.408 e. The van der Waals surface area contributed by atoms with Gasteiger partial charge in [0.05, 0.1) is 6.10 Å². The van der Waals surface area contributed by atoms with Crippen molar-refractivity contribution in [2.75, 3.05) is 6.54 Å². The van der Waals surface area contributed by atoms with E-state index < -0.39 is 41.8 Å². The van der Waals surface area contributed by atoms with Crippen molar-refractivity contribution >= 4 is 18.0 Å². The van der Waals surface area contributed by atoms with E-state index in [1.807, 2.05) is 0 Å². The van der Waals surface area contributed by atoms with Crippen LogP contribution in [0.1, 0.15) is 65.7 Å². The zero-order chi connectivity index (χ0) is 20.2. The lowest BCUT2D eigenvalue weighted by Gasteiger charge is -2.31. The molecule has 8 heteroatoms. The Morgan fingerprint density at radius 2 is 1.81 bits per heavy atom. The summed E-state index contributed by atoms with van der Waals surface area (Å²) < 4.78 is 5.28. The summed E-state index contributed by atoms with van der Waals surface area (Å²) in [7, 11) is 0. The summed E-state index contributed by atoms with van der Waals surface area (Å²) in [6.07, 6.45) is 4.25. The van der Waals surface area contributed by atoms with Crippen LogP contribution in [0.4, 0.5) is 4.79 Å². The van der Waals surface area contributed by atoms with Gasteiger partial charge in [0.1, 0.15) is 17.7 Å². The molecule has 0 aromatic carbocycles. The molecule has 1 aliphatic carbocycles. The number of alkyl carbamates (subject to hydrolysis) is 1. The first kappa shape index (κ1) is 21.5. The van der Waals surface area contributed by atoms with Gasteiger partial charge in [-0.15, -0.1) is 0 Å². The summed E-state index contributed by atoms with van der Waals surface area (Å²) >= 11 is 0. The molecule has 1 heterocycles. The quantitative estimate of drug-likeness (QED) is 0.667. The minimum Gasteiger partial charge on any atom is -0.480 e. The number of aliphatic carboxylic acids is 1. The van der Waals surface area contributed by atoms with Crippen LogP contribution in [0.25, 0.3) is 0 Å². The largest absolute Gasteiger partial charge is 0.480 e. The first-order valence-corrected chi connectivity index (χ1v) is 9.77. The molecule has 0 spiro atoms. The van der Waals surface area contributed by atoms with Crippen molar-refractivity contribution in [2.24, 2.45) is 5.92 Å². The van der Waals surface area contributed by atoms with Crippen LogP contribution in [0.3, 0.4) is 0 Å². The average Bonchev–Trinajstić information content (AvgIpc) is 2.95. The zero-order valence-electron chi connectivity index (χ0n) is 16.4. The maximum absolute atomic E-state index is 13.1. The molecule has 8 nitrogen and oxygen atoms in total. The summed E-state index contributed by atoms with van der Waals surface area (Å²) in [5.74, 6) is -1.30. The molecule has 0 radical (unpaired) electrons. The fourth-order valence-electron chi connectivity index (χ4n) is 3.92. The number of carbonyl (C=O) groups is 3. The minimum atomic E-state index is -1.14. The van der Waals surface area contributed by atoms with Crippen LogP contribution < -0.4 is 5.32 Å². The van der Waals surface area contributed by atoms with Crippen LogP contribution in [0.15, 0.2) is 0 Å². The van der Waals surface area contributed by atoms with E-state index in [0.29, 0.717) is 12.3 Å². The highest BCUT2D eigenvalue weighted by Crippen LogP contribution is 2.29. The van der Waals surface area contributed by atoms with E-state index in [1.54, 1.807) is 20.8 Å². The first-order valence-electron chi connectivity index (χ1n) is 9.77. The topological polar surface area (TPSA) is 116 Å². The number of nitrogens with one attached hydrogen (secondary N) is 1. The normalized spacial score (nSPS) is 25.1. The molecule has 2 amide bonds. The molecule has 154 valence electrons. The van der Waals surface area contributed by atoms with E-state index in [4.69, 9.17) is 4.74 Å². The Morgan fingerprint density at radius 3 is 2.37 bits per heavy atom. The molecule has 3 N–H and O–H groups in total. The summed E-state index contributed by atoms with van der Waals surface area (Å²) in [6.45, 7) is 5.18. The van der Waals surface area contributed by atoms with Crippen molar-refractivity contribution in [3.63, 3.8) is 0 Å². The van der Waals surface area contributed by atoms with Gasteiger partial charge in [0.25, 0.3) is 0 Å². The third-order valence-corrected chi connectivity index (χ3v) is 5.13. The van der Waals surface area contributed by atoms with E-state index in [9.17, 15) is 24.6 Å². The number of rotatable bonds is 5. The molecule has 0 bridgehead atoms. The van der Waals surface area contributed by atoms with Crippen LogP contribution >= 0.6 is 0 Å². The highest BCUT2D eigenvalue weighted by atomic mass is 16.6. The van der Waals surface area contributed by atoms with Gasteiger partial charge in [-0.05, 0) is 33.1 Å². The van der Waals surface area contributed by atoms with Crippen molar-refractivity contribution < 1.29 is 29.3 Å². The van der Waals surface area contributed by atoms with Crippen molar-refractivity contribution in [1.29, 1.82) is 0 Å². The van der Waals surface area contributed by atoms with Gasteiger partial charge in [-0.3, -0.25) is 4.79 Å². The third-order valence-electron chi connectivity index (χ3n) is 5.13. The standard InChI is InChI=1S/C19H32N2O6/c1-19(2,3)27-18(26)20-14(9-12-7-5-4-6-8-12)16(23)21-11-13(22)10-15(21)17(24)25/h12-15,22H,4-11H2,1-3H3,(H,20,26)(H,24,25)/t13-,14-,15+/m1/s1. The van der Waals surface area contributed by atoms with E-state index in [0.717, 1.165) is 25.7 Å². The SMILES string of the molecule is CC(C)(C)OC(=O)N[C@H](CC1CCCCC1)C(=O)N1C[C@H](O)C[C@H]1C(=O)O. The molecule has 0 aromatic rings. The molecule has 27 heavy (non-hydrogen) atoms. The van der Waals surface area contributed by atoms with Gasteiger partial charge in [0.2, 0.25) is 5.91 Å². The van der Waals surface area contributed by atoms with Gasteiger partial charge in [-0.25, -0.2) is 9.59 Å². The van der Waals surface area contributed by atoms with Crippen LogP contribution in [-0.2, 0) is 14.3 Å². The fourth-order valence-corrected chi connectivity index (χ4v) is 3.92. The Labute approximate surface area is 160 Å². The summed E-state index contributed by atoms with van der Waals surface area (Å²) in [5, 5.41) is 21.9. The number of β-amino-alcohol motifs (C(OH)–C–C–N with tert-alkyl or cyclic N) is 1. The van der Waals surface area contributed by atoms with Gasteiger partial charge >= 0.3 is 12.1 Å². The Kier molecular flexibility index (Phi) is 7.08. The van der Waals surface area contributed by atoms with Gasteiger partial charge in [0, 0.05) is 13.0 Å². The van der Waals surface area contributed by atoms with Gasteiger partial charge in [-0.2, -0.15) is 0 Å². The fraction of sp³-hybridized carbons (Fsp3) is 0.842. The Morgan fingerprint density at radius 1 is 1.19 bits per heavy atom. The van der Waals surface area contributed by atoms with E-state index >= 15 is 0 Å². The number of hydrogen-bond acceptors (Lipinski definition) is 5. The Bertz CT molecular complexity index is 553. The smallest absolute Gasteiger partial charge is 0.408 e. The lowest BCUT2D eigenvalue weighted by atomic mass is 9.84. The summed E-state index contributed by atoms with van der Waals surface area (Å²) in [5.41, 5.74) is -0.698. The van der Waals surface area contributed by atoms with Gasteiger partial charge in [-0.1, -0.05) is 32.1 Å². The summed E-state index contributed by atoms with van der Waals surface area (Å²) in [6, 6.07) is -1.92. The third kappa shape index (κ3) is 6.37. The first-order chi connectivity index (χ1) is 12.6. The molecule has 2 fully saturated rings. The molecule has 0 aromatic heterocycles. The lowest BCUT2D eigenvalue weighted by Crippen LogP contribution is -2.53. The molecular formula is C19H32N2O6. The summed E-state index contributed by atoms with van der Waals surface area (Å²) in [4.78, 5) is 37.9.